The molecule has 0 heterocycles. The monoisotopic (exact) mass is 220 g/mol. The number of hydrogen-bond acceptors (Lipinski definition) is 2. The zero-order valence-corrected chi connectivity index (χ0v) is 10.1. The molecule has 0 N–H and O–H groups in total. The molecule has 1 aromatic carbocycles. The van der Waals surface area contributed by atoms with Gasteiger partial charge in [0.05, 0.1) is 6.61 Å². The summed E-state index contributed by atoms with van der Waals surface area (Å²) in [7, 11) is 0. The predicted octanol–water partition coefficient (Wildman–Crippen LogP) is 3.87. The van der Waals surface area contributed by atoms with Gasteiger partial charge in [-0.25, -0.2) is 0 Å². The smallest absolute Gasteiger partial charge is 0.197 e. The topological polar surface area (TPSA) is 18.5 Å². The Bertz CT molecular complexity index is 320. The second kappa shape index (κ2) is 7.07. The predicted molar refractivity (Wildman–Crippen MR) is 67.5 cm³/mol. The minimum Gasteiger partial charge on any atom is -0.465 e. The van der Waals surface area contributed by atoms with Gasteiger partial charge < -0.3 is 9.47 Å². The second-order valence-corrected chi connectivity index (χ2v) is 3.65. The first-order valence-electron chi connectivity index (χ1n) is 5.77. The highest BCUT2D eigenvalue weighted by Crippen LogP contribution is 2.20. The third kappa shape index (κ3) is 4.07. The number of unbranched alkanes of at least 4 members (excludes halogenated alkanes) is 1. The summed E-state index contributed by atoms with van der Waals surface area (Å²) in [5.41, 5.74) is 0.994. The molecule has 0 amide bonds. The van der Waals surface area contributed by atoms with E-state index >= 15 is 0 Å². The summed E-state index contributed by atoms with van der Waals surface area (Å²) in [6.07, 6.45) is 3.77. The summed E-state index contributed by atoms with van der Waals surface area (Å²) in [5, 5.41) is 0. The van der Waals surface area contributed by atoms with Crippen molar-refractivity contribution in [2.75, 3.05) is 6.61 Å². The summed E-state index contributed by atoms with van der Waals surface area (Å²) in [6, 6.07) is 7.81. The summed E-state index contributed by atoms with van der Waals surface area (Å²) < 4.78 is 11.2. The van der Waals surface area contributed by atoms with Crippen LogP contribution in [0.3, 0.4) is 0 Å². The van der Waals surface area contributed by atoms with Crippen molar-refractivity contribution >= 4 is 6.08 Å². The number of para-hydroxylation sites is 1. The van der Waals surface area contributed by atoms with Gasteiger partial charge in [-0.05, 0) is 19.4 Å². The summed E-state index contributed by atoms with van der Waals surface area (Å²) in [6.45, 7) is 8.55. The Hall–Kier alpha value is -1.28. The highest BCUT2D eigenvalue weighted by Gasteiger charge is 2.05. The van der Waals surface area contributed by atoms with Crippen LogP contribution in [0.2, 0.25) is 0 Å². The van der Waals surface area contributed by atoms with Crippen molar-refractivity contribution in [3.05, 3.63) is 36.4 Å². The molecule has 0 fully saturated rings. The van der Waals surface area contributed by atoms with Crippen LogP contribution >= 0.6 is 0 Å². The van der Waals surface area contributed by atoms with Gasteiger partial charge in [-0.3, -0.25) is 0 Å². The van der Waals surface area contributed by atoms with Crippen LogP contribution in [0.15, 0.2) is 30.8 Å². The number of rotatable bonds is 7. The van der Waals surface area contributed by atoms with E-state index in [1.54, 1.807) is 6.08 Å². The van der Waals surface area contributed by atoms with Gasteiger partial charge in [-0.1, -0.05) is 44.2 Å². The molecule has 1 aromatic rings. The van der Waals surface area contributed by atoms with Crippen LogP contribution in [-0.2, 0) is 4.74 Å². The van der Waals surface area contributed by atoms with Gasteiger partial charge in [0.15, 0.2) is 6.29 Å². The van der Waals surface area contributed by atoms with Crippen molar-refractivity contribution in [2.45, 2.75) is 33.0 Å². The minimum atomic E-state index is -0.215. The van der Waals surface area contributed by atoms with Crippen LogP contribution in [0.4, 0.5) is 0 Å². The largest absolute Gasteiger partial charge is 0.465 e. The fraction of sp³-hybridized carbons (Fsp3) is 0.429. The van der Waals surface area contributed by atoms with Gasteiger partial charge in [0.2, 0.25) is 0 Å². The molecule has 16 heavy (non-hydrogen) atoms. The molecular weight excluding hydrogens is 200 g/mol. The summed E-state index contributed by atoms with van der Waals surface area (Å²) >= 11 is 0. The lowest BCUT2D eigenvalue weighted by atomic mass is 10.2. The molecule has 1 unspecified atom stereocenters. The Balaban J connectivity index is 2.48. The SMILES string of the molecule is C=Cc1ccccc1OC(C)OCCCC. The van der Waals surface area contributed by atoms with Crippen LogP contribution in [0, 0.1) is 0 Å². The zero-order valence-electron chi connectivity index (χ0n) is 10.1. The van der Waals surface area contributed by atoms with Crippen molar-refractivity contribution in [3.63, 3.8) is 0 Å². The van der Waals surface area contributed by atoms with Gasteiger partial charge in [0.1, 0.15) is 5.75 Å². The molecule has 0 aliphatic carbocycles. The van der Waals surface area contributed by atoms with Crippen LogP contribution < -0.4 is 4.74 Å². The minimum absolute atomic E-state index is 0.215. The maximum Gasteiger partial charge on any atom is 0.197 e. The van der Waals surface area contributed by atoms with Crippen molar-refractivity contribution in [3.8, 4) is 5.75 Å². The second-order valence-electron chi connectivity index (χ2n) is 3.65. The van der Waals surface area contributed by atoms with Gasteiger partial charge in [0.25, 0.3) is 0 Å². The molecule has 0 saturated carbocycles. The Morgan fingerprint density at radius 2 is 2.12 bits per heavy atom. The molecule has 2 nitrogen and oxygen atoms in total. The van der Waals surface area contributed by atoms with Gasteiger partial charge in [-0.15, -0.1) is 0 Å². The molecule has 0 bridgehead atoms. The Kier molecular flexibility index (Phi) is 5.65. The Labute approximate surface area is 97.9 Å². The lowest BCUT2D eigenvalue weighted by Crippen LogP contribution is -2.17. The van der Waals surface area contributed by atoms with E-state index in [1.165, 1.54) is 0 Å². The van der Waals surface area contributed by atoms with Crippen molar-refractivity contribution in [2.24, 2.45) is 0 Å². The summed E-state index contributed by atoms with van der Waals surface area (Å²) in [4.78, 5) is 0. The maximum absolute atomic E-state index is 5.69. The molecule has 0 aliphatic rings. The van der Waals surface area contributed by atoms with E-state index in [1.807, 2.05) is 31.2 Å². The molecule has 88 valence electrons. The number of hydrogen-bond donors (Lipinski definition) is 0. The first-order valence-corrected chi connectivity index (χ1v) is 5.77. The average molecular weight is 220 g/mol. The molecule has 0 aliphatic heterocycles. The Morgan fingerprint density at radius 3 is 2.81 bits per heavy atom. The van der Waals surface area contributed by atoms with E-state index in [9.17, 15) is 0 Å². The van der Waals surface area contributed by atoms with E-state index in [0.717, 1.165) is 30.8 Å². The van der Waals surface area contributed by atoms with Crippen LogP contribution in [0.5, 0.6) is 5.75 Å². The summed E-state index contributed by atoms with van der Waals surface area (Å²) in [5.74, 6) is 0.821. The van der Waals surface area contributed by atoms with E-state index in [2.05, 4.69) is 13.5 Å². The van der Waals surface area contributed by atoms with E-state index < -0.39 is 0 Å². The normalized spacial score (nSPS) is 12.1. The lowest BCUT2D eigenvalue weighted by Gasteiger charge is -2.16. The first-order chi connectivity index (χ1) is 7.77. The molecule has 1 rings (SSSR count). The quantitative estimate of drug-likeness (QED) is 0.513. The van der Waals surface area contributed by atoms with Crippen LogP contribution in [0.25, 0.3) is 6.08 Å². The number of benzene rings is 1. The van der Waals surface area contributed by atoms with E-state index in [4.69, 9.17) is 9.47 Å². The Morgan fingerprint density at radius 1 is 1.38 bits per heavy atom. The van der Waals surface area contributed by atoms with Crippen molar-refractivity contribution in [1.82, 2.24) is 0 Å². The highest BCUT2D eigenvalue weighted by molar-refractivity contribution is 5.55. The zero-order chi connectivity index (χ0) is 11.8. The molecule has 0 saturated heterocycles. The molecule has 0 aromatic heterocycles. The number of ether oxygens (including phenoxy) is 2. The van der Waals surface area contributed by atoms with Gasteiger partial charge in [-0.2, -0.15) is 0 Å². The van der Waals surface area contributed by atoms with Crippen LogP contribution in [0.1, 0.15) is 32.3 Å². The maximum atomic E-state index is 5.69. The third-order valence-electron chi connectivity index (χ3n) is 2.28. The van der Waals surface area contributed by atoms with Gasteiger partial charge >= 0.3 is 0 Å². The standard InChI is InChI=1S/C14H20O2/c1-4-6-11-15-12(3)16-14-10-8-7-9-13(14)5-2/h5,7-10,12H,2,4,6,11H2,1,3H3. The fourth-order valence-corrected chi connectivity index (χ4v) is 1.36. The third-order valence-corrected chi connectivity index (χ3v) is 2.28. The van der Waals surface area contributed by atoms with Crippen LogP contribution in [-0.4, -0.2) is 12.9 Å². The molecular formula is C14H20O2. The van der Waals surface area contributed by atoms with Crippen molar-refractivity contribution < 1.29 is 9.47 Å². The lowest BCUT2D eigenvalue weighted by molar-refractivity contribution is -0.0674. The molecule has 0 radical (unpaired) electrons. The first kappa shape index (κ1) is 12.8. The highest BCUT2D eigenvalue weighted by atomic mass is 16.7. The van der Waals surface area contributed by atoms with Crippen molar-refractivity contribution in [1.29, 1.82) is 0 Å². The van der Waals surface area contributed by atoms with E-state index in [0.29, 0.717) is 0 Å². The van der Waals surface area contributed by atoms with E-state index in [-0.39, 0.29) is 6.29 Å². The average Bonchev–Trinajstić information content (AvgIpc) is 2.30. The molecule has 1 atom stereocenters. The van der Waals surface area contributed by atoms with Gasteiger partial charge in [0, 0.05) is 5.56 Å². The fourth-order valence-electron chi connectivity index (χ4n) is 1.36. The molecule has 0 spiro atoms. The molecule has 2 heteroatoms.